The third kappa shape index (κ3) is 4.26. The Hall–Kier alpha value is -1.89. The Kier molecular flexibility index (Phi) is 5.65. The maximum absolute atomic E-state index is 12.8. The first kappa shape index (κ1) is 18.9. The number of allylic oxidation sites excluding steroid dienone is 3. The normalized spacial score (nSPS) is 17.2. The van der Waals surface area contributed by atoms with E-state index in [9.17, 15) is 13.2 Å². The number of hydrogen-bond acceptors (Lipinski definition) is 3. The van der Waals surface area contributed by atoms with Crippen LogP contribution in [0.15, 0.2) is 87.4 Å². The summed E-state index contributed by atoms with van der Waals surface area (Å²) in [6.45, 7) is 0. The van der Waals surface area contributed by atoms with E-state index in [2.05, 4.69) is 20.7 Å². The molecule has 7 heteroatoms. The van der Waals surface area contributed by atoms with Gasteiger partial charge in [0, 0.05) is 15.6 Å². The van der Waals surface area contributed by atoms with Gasteiger partial charge in [-0.1, -0.05) is 64.5 Å². The first-order valence-corrected chi connectivity index (χ1v) is 10.5. The SMILES string of the molecule is O=C(C1=CC(Cl)CC=C1NS(=O)(=O)c1cccc(Br)c1)c1ccccc1. The highest BCUT2D eigenvalue weighted by molar-refractivity contribution is 9.10. The summed E-state index contributed by atoms with van der Waals surface area (Å²) in [6, 6.07) is 15.0. The van der Waals surface area contributed by atoms with Gasteiger partial charge in [0.05, 0.1) is 16.0 Å². The maximum atomic E-state index is 12.8. The number of alkyl halides is 1. The van der Waals surface area contributed by atoms with Crippen LogP contribution in [0, 0.1) is 0 Å². The monoisotopic (exact) mass is 451 g/mol. The van der Waals surface area contributed by atoms with Crippen LogP contribution in [0.5, 0.6) is 0 Å². The van der Waals surface area contributed by atoms with E-state index in [1.165, 1.54) is 12.1 Å². The van der Waals surface area contributed by atoms with Gasteiger partial charge >= 0.3 is 0 Å². The Morgan fingerprint density at radius 1 is 1.12 bits per heavy atom. The Morgan fingerprint density at radius 3 is 2.54 bits per heavy atom. The molecule has 0 aromatic heterocycles. The van der Waals surface area contributed by atoms with E-state index in [1.807, 2.05) is 6.07 Å². The van der Waals surface area contributed by atoms with Gasteiger partial charge in [-0.2, -0.15) is 0 Å². The third-order valence-electron chi connectivity index (χ3n) is 3.82. The fourth-order valence-corrected chi connectivity index (χ4v) is 4.46. The summed E-state index contributed by atoms with van der Waals surface area (Å²) in [6.07, 6.45) is 3.67. The molecule has 134 valence electrons. The molecule has 1 aliphatic rings. The molecule has 4 nitrogen and oxygen atoms in total. The van der Waals surface area contributed by atoms with Crippen molar-refractivity contribution in [3.8, 4) is 0 Å². The number of ketones is 1. The predicted octanol–water partition coefficient (Wildman–Crippen LogP) is 4.43. The van der Waals surface area contributed by atoms with Gasteiger partial charge in [-0.3, -0.25) is 9.52 Å². The van der Waals surface area contributed by atoms with Gasteiger partial charge in [-0.05, 0) is 24.6 Å². The average Bonchev–Trinajstić information content (AvgIpc) is 2.63. The molecule has 0 saturated heterocycles. The Balaban J connectivity index is 1.93. The third-order valence-corrected chi connectivity index (χ3v) is 5.98. The van der Waals surface area contributed by atoms with Crippen molar-refractivity contribution in [1.29, 1.82) is 0 Å². The molecule has 0 fully saturated rings. The van der Waals surface area contributed by atoms with E-state index in [-0.39, 0.29) is 27.3 Å². The molecule has 1 N–H and O–H groups in total. The number of hydrogen-bond donors (Lipinski definition) is 1. The lowest BCUT2D eigenvalue weighted by atomic mass is 9.95. The van der Waals surface area contributed by atoms with Gasteiger partial charge in [0.25, 0.3) is 10.0 Å². The number of carbonyl (C=O) groups is 1. The van der Waals surface area contributed by atoms with Crippen molar-refractivity contribution in [2.75, 3.05) is 0 Å². The minimum Gasteiger partial charge on any atom is -0.289 e. The molecule has 1 aliphatic carbocycles. The number of halogens is 2. The van der Waals surface area contributed by atoms with E-state index >= 15 is 0 Å². The standard InChI is InChI=1S/C19H15BrClNO3S/c20-14-7-4-8-16(11-14)26(24,25)22-18-10-9-15(21)12-17(18)19(23)13-5-2-1-3-6-13/h1-8,10-12,15,22H,9H2. The van der Waals surface area contributed by atoms with E-state index in [1.54, 1.807) is 48.6 Å². The number of nitrogens with one attached hydrogen (secondary N) is 1. The quantitative estimate of drug-likeness (QED) is 0.539. The second kappa shape index (κ2) is 7.78. The highest BCUT2D eigenvalue weighted by Crippen LogP contribution is 2.26. The van der Waals surface area contributed by atoms with Crippen molar-refractivity contribution in [3.05, 3.63) is 88.1 Å². The fourth-order valence-electron chi connectivity index (χ4n) is 2.56. The van der Waals surface area contributed by atoms with Crippen molar-refractivity contribution in [1.82, 2.24) is 4.72 Å². The lowest BCUT2D eigenvalue weighted by molar-refractivity contribution is 0.103. The van der Waals surface area contributed by atoms with Crippen LogP contribution in [0.4, 0.5) is 0 Å². The summed E-state index contributed by atoms with van der Waals surface area (Å²) in [5.41, 5.74) is 0.967. The Labute approximate surface area is 165 Å². The van der Waals surface area contributed by atoms with Crippen LogP contribution in [0.2, 0.25) is 0 Å². The molecule has 0 spiro atoms. The first-order chi connectivity index (χ1) is 12.4. The smallest absolute Gasteiger partial charge is 0.261 e. The lowest BCUT2D eigenvalue weighted by Gasteiger charge is -2.19. The van der Waals surface area contributed by atoms with Crippen molar-refractivity contribution in [2.45, 2.75) is 16.7 Å². The summed E-state index contributed by atoms with van der Waals surface area (Å²) in [5.74, 6) is -0.279. The van der Waals surface area contributed by atoms with Gasteiger partial charge in [0.2, 0.25) is 0 Å². The first-order valence-electron chi connectivity index (χ1n) is 7.81. The molecule has 2 aromatic carbocycles. The Morgan fingerprint density at radius 2 is 1.85 bits per heavy atom. The molecule has 0 bridgehead atoms. The van der Waals surface area contributed by atoms with Gasteiger partial charge < -0.3 is 0 Å². The molecule has 0 saturated carbocycles. The highest BCUT2D eigenvalue weighted by Gasteiger charge is 2.25. The number of sulfonamides is 1. The van der Waals surface area contributed by atoms with Gasteiger partial charge in [-0.15, -0.1) is 11.6 Å². The summed E-state index contributed by atoms with van der Waals surface area (Å²) in [5, 5.41) is -0.364. The van der Waals surface area contributed by atoms with Crippen molar-refractivity contribution in [3.63, 3.8) is 0 Å². The predicted molar refractivity (Wildman–Crippen MR) is 106 cm³/mol. The van der Waals surface area contributed by atoms with Crippen molar-refractivity contribution in [2.24, 2.45) is 0 Å². The molecule has 3 rings (SSSR count). The van der Waals surface area contributed by atoms with Gasteiger partial charge in [0.15, 0.2) is 5.78 Å². The maximum Gasteiger partial charge on any atom is 0.261 e. The van der Waals surface area contributed by atoms with Crippen molar-refractivity contribution >= 4 is 43.3 Å². The highest BCUT2D eigenvalue weighted by atomic mass is 79.9. The van der Waals surface area contributed by atoms with Gasteiger partial charge in [-0.25, -0.2) is 8.42 Å². The average molecular weight is 453 g/mol. The molecule has 26 heavy (non-hydrogen) atoms. The summed E-state index contributed by atoms with van der Waals surface area (Å²) in [7, 11) is -3.83. The Bertz CT molecular complexity index is 1000. The number of benzene rings is 2. The molecule has 0 amide bonds. The van der Waals surface area contributed by atoms with Crippen LogP contribution in [-0.2, 0) is 10.0 Å². The molecular weight excluding hydrogens is 438 g/mol. The van der Waals surface area contributed by atoms with E-state index in [0.717, 1.165) is 0 Å². The summed E-state index contributed by atoms with van der Waals surface area (Å²) in [4.78, 5) is 12.9. The zero-order chi connectivity index (χ0) is 18.7. The molecule has 0 heterocycles. The van der Waals surface area contributed by atoms with Crippen molar-refractivity contribution < 1.29 is 13.2 Å². The minimum atomic E-state index is -3.83. The number of rotatable bonds is 5. The minimum absolute atomic E-state index is 0.104. The molecular formula is C19H15BrClNO3S. The molecule has 0 radical (unpaired) electrons. The van der Waals surface area contributed by atoms with Crippen LogP contribution in [0.3, 0.4) is 0 Å². The van der Waals surface area contributed by atoms with Crippen LogP contribution in [0.25, 0.3) is 0 Å². The summed E-state index contributed by atoms with van der Waals surface area (Å²) >= 11 is 9.42. The zero-order valence-electron chi connectivity index (χ0n) is 13.5. The molecule has 0 aliphatic heterocycles. The lowest BCUT2D eigenvalue weighted by Crippen LogP contribution is -2.28. The van der Waals surface area contributed by atoms with E-state index < -0.39 is 10.0 Å². The molecule has 1 unspecified atom stereocenters. The number of carbonyl (C=O) groups excluding carboxylic acids is 1. The molecule has 1 atom stereocenters. The summed E-state index contributed by atoms with van der Waals surface area (Å²) < 4.78 is 28.6. The zero-order valence-corrected chi connectivity index (χ0v) is 16.7. The molecule has 2 aromatic rings. The van der Waals surface area contributed by atoms with Crippen LogP contribution >= 0.6 is 27.5 Å². The topological polar surface area (TPSA) is 63.2 Å². The fraction of sp³-hybridized carbons (Fsp3) is 0.105. The van der Waals surface area contributed by atoms with E-state index in [4.69, 9.17) is 11.6 Å². The second-order valence-electron chi connectivity index (χ2n) is 5.71. The van der Waals surface area contributed by atoms with Gasteiger partial charge in [0.1, 0.15) is 0 Å². The number of Topliss-reactive ketones (excluding diaryl/α,β-unsaturated/α-hetero) is 1. The largest absolute Gasteiger partial charge is 0.289 e. The van der Waals surface area contributed by atoms with E-state index in [0.29, 0.717) is 16.5 Å². The van der Waals surface area contributed by atoms with Crippen LogP contribution in [0.1, 0.15) is 16.8 Å². The second-order valence-corrected chi connectivity index (χ2v) is 8.87. The van der Waals surface area contributed by atoms with Crippen LogP contribution in [-0.4, -0.2) is 19.6 Å². The van der Waals surface area contributed by atoms with Crippen LogP contribution < -0.4 is 4.72 Å².